The van der Waals surface area contributed by atoms with Crippen molar-refractivity contribution in [2.24, 2.45) is 0 Å². The molecule has 1 heterocycles. The van der Waals surface area contributed by atoms with Gasteiger partial charge < -0.3 is 0 Å². The molecular formula is C6H5Br2N. The molecule has 0 saturated heterocycles. The van der Waals surface area contributed by atoms with Crippen LogP contribution in [0.3, 0.4) is 0 Å². The van der Waals surface area contributed by atoms with Crippen LogP contribution in [0.5, 0.6) is 0 Å². The summed E-state index contributed by atoms with van der Waals surface area (Å²) in [5.74, 6) is 0. The summed E-state index contributed by atoms with van der Waals surface area (Å²) in [6.45, 7) is 1.96. The van der Waals surface area contributed by atoms with Gasteiger partial charge in [0.15, 0.2) is 0 Å². The van der Waals surface area contributed by atoms with E-state index in [1.807, 2.05) is 19.1 Å². The third-order valence-corrected chi connectivity index (χ3v) is 2.72. The predicted molar refractivity (Wildman–Crippen MR) is 44.4 cm³/mol. The molecule has 0 saturated carbocycles. The fourth-order valence-corrected chi connectivity index (χ4v) is 1.14. The zero-order valence-electron chi connectivity index (χ0n) is 4.86. The molecule has 0 amide bonds. The molecule has 48 valence electrons. The molecule has 0 unspecified atom stereocenters. The van der Waals surface area contributed by atoms with Gasteiger partial charge in [-0.25, -0.2) is 4.98 Å². The lowest BCUT2D eigenvalue weighted by atomic mass is 10.4. The molecule has 0 N–H and O–H groups in total. The minimum atomic E-state index is 0.863. The van der Waals surface area contributed by atoms with Crippen LogP contribution in [0.15, 0.2) is 21.2 Å². The van der Waals surface area contributed by atoms with Gasteiger partial charge in [-0.2, -0.15) is 0 Å². The van der Waals surface area contributed by atoms with E-state index in [0.717, 1.165) is 14.8 Å². The van der Waals surface area contributed by atoms with E-state index in [4.69, 9.17) is 0 Å². The van der Waals surface area contributed by atoms with Crippen molar-refractivity contribution in [3.8, 4) is 0 Å². The van der Waals surface area contributed by atoms with Gasteiger partial charge in [-0.1, -0.05) is 0 Å². The Labute approximate surface area is 70.8 Å². The first-order valence-corrected chi connectivity index (χ1v) is 4.07. The van der Waals surface area contributed by atoms with Crippen LogP contribution in [0.25, 0.3) is 0 Å². The highest BCUT2D eigenvalue weighted by atomic mass is 79.9. The monoisotopic (exact) mass is 249 g/mol. The minimum absolute atomic E-state index is 0.863. The summed E-state index contributed by atoms with van der Waals surface area (Å²) in [5.41, 5.74) is 1.02. The molecule has 0 fully saturated rings. The summed E-state index contributed by atoms with van der Waals surface area (Å²) in [4.78, 5) is 4.14. The van der Waals surface area contributed by atoms with Gasteiger partial charge in [-0.15, -0.1) is 0 Å². The number of hydrogen-bond acceptors (Lipinski definition) is 1. The highest BCUT2D eigenvalue weighted by Gasteiger charge is 1.94. The smallest absolute Gasteiger partial charge is 0.120 e. The quantitative estimate of drug-likeness (QED) is 0.646. The molecule has 0 spiro atoms. The number of hydrogen-bond donors (Lipinski definition) is 0. The Morgan fingerprint density at radius 2 is 2.00 bits per heavy atom. The van der Waals surface area contributed by atoms with Gasteiger partial charge >= 0.3 is 0 Å². The molecule has 9 heavy (non-hydrogen) atoms. The summed E-state index contributed by atoms with van der Waals surface area (Å²) < 4.78 is 1.86. The fourth-order valence-electron chi connectivity index (χ4n) is 0.508. The van der Waals surface area contributed by atoms with Crippen molar-refractivity contribution in [2.45, 2.75) is 6.92 Å². The van der Waals surface area contributed by atoms with E-state index in [1.54, 1.807) is 0 Å². The second-order valence-corrected chi connectivity index (χ2v) is 3.33. The second kappa shape index (κ2) is 2.80. The molecule has 1 aromatic rings. The van der Waals surface area contributed by atoms with Crippen LogP contribution >= 0.6 is 31.9 Å². The first-order chi connectivity index (χ1) is 4.20. The van der Waals surface area contributed by atoms with Crippen molar-refractivity contribution >= 4 is 31.9 Å². The van der Waals surface area contributed by atoms with Crippen molar-refractivity contribution in [1.82, 2.24) is 4.98 Å². The van der Waals surface area contributed by atoms with Gasteiger partial charge in [0.1, 0.15) is 4.60 Å². The lowest BCUT2D eigenvalue weighted by Gasteiger charge is -1.94. The summed E-state index contributed by atoms with van der Waals surface area (Å²) in [7, 11) is 0. The molecule has 1 nitrogen and oxygen atoms in total. The van der Waals surface area contributed by atoms with Crippen LogP contribution in [0, 0.1) is 6.92 Å². The van der Waals surface area contributed by atoms with E-state index in [1.165, 1.54) is 0 Å². The SMILES string of the molecule is Cc1ccc(Br)c(Br)n1. The predicted octanol–water partition coefficient (Wildman–Crippen LogP) is 2.92. The average Bonchev–Trinajstić information content (AvgIpc) is 1.80. The van der Waals surface area contributed by atoms with Crippen LogP contribution in [-0.4, -0.2) is 4.98 Å². The van der Waals surface area contributed by atoms with E-state index in [0.29, 0.717) is 0 Å². The number of aryl methyl sites for hydroxylation is 1. The molecule has 0 aliphatic rings. The first-order valence-electron chi connectivity index (χ1n) is 2.49. The van der Waals surface area contributed by atoms with E-state index in [2.05, 4.69) is 36.8 Å². The molecule has 0 bridgehead atoms. The lowest BCUT2D eigenvalue weighted by Crippen LogP contribution is -1.80. The molecule has 0 radical (unpaired) electrons. The van der Waals surface area contributed by atoms with E-state index in [9.17, 15) is 0 Å². The summed E-state index contributed by atoms with van der Waals surface area (Å²) in [6.07, 6.45) is 0. The van der Waals surface area contributed by atoms with Crippen molar-refractivity contribution < 1.29 is 0 Å². The molecule has 1 rings (SSSR count). The minimum Gasteiger partial charge on any atom is -0.245 e. The van der Waals surface area contributed by atoms with Crippen molar-refractivity contribution in [1.29, 1.82) is 0 Å². The third kappa shape index (κ3) is 1.76. The fraction of sp³-hybridized carbons (Fsp3) is 0.167. The molecular weight excluding hydrogens is 246 g/mol. The average molecular weight is 251 g/mol. The Hall–Kier alpha value is 0.110. The third-order valence-electron chi connectivity index (χ3n) is 0.942. The maximum Gasteiger partial charge on any atom is 0.120 e. The van der Waals surface area contributed by atoms with Gasteiger partial charge in [0.25, 0.3) is 0 Å². The van der Waals surface area contributed by atoms with E-state index in [-0.39, 0.29) is 0 Å². The molecule has 0 aliphatic heterocycles. The van der Waals surface area contributed by atoms with Crippen LogP contribution in [-0.2, 0) is 0 Å². The normalized spacial score (nSPS) is 9.67. The van der Waals surface area contributed by atoms with E-state index < -0.39 is 0 Å². The molecule has 0 aliphatic carbocycles. The Bertz CT molecular complexity index is 222. The first kappa shape index (κ1) is 7.22. The maximum absolute atomic E-state index is 4.14. The van der Waals surface area contributed by atoms with Gasteiger partial charge in [-0.05, 0) is 50.9 Å². The lowest BCUT2D eigenvalue weighted by molar-refractivity contribution is 1.15. The Kier molecular flexibility index (Phi) is 2.24. The van der Waals surface area contributed by atoms with Crippen molar-refractivity contribution in [2.75, 3.05) is 0 Å². The molecule has 0 atom stereocenters. The maximum atomic E-state index is 4.14. The zero-order valence-corrected chi connectivity index (χ0v) is 8.03. The second-order valence-electron chi connectivity index (χ2n) is 1.73. The number of halogens is 2. The van der Waals surface area contributed by atoms with Crippen LogP contribution in [0.4, 0.5) is 0 Å². The van der Waals surface area contributed by atoms with Crippen LogP contribution in [0.1, 0.15) is 5.69 Å². The van der Waals surface area contributed by atoms with Crippen LogP contribution in [0.2, 0.25) is 0 Å². The number of aromatic nitrogens is 1. The topological polar surface area (TPSA) is 12.9 Å². The van der Waals surface area contributed by atoms with E-state index >= 15 is 0 Å². The Morgan fingerprint density at radius 3 is 2.44 bits per heavy atom. The molecule has 1 aromatic heterocycles. The highest BCUT2D eigenvalue weighted by molar-refractivity contribution is 9.13. The van der Waals surface area contributed by atoms with Crippen LogP contribution < -0.4 is 0 Å². The summed E-state index contributed by atoms with van der Waals surface area (Å²) >= 11 is 6.61. The van der Waals surface area contributed by atoms with Gasteiger partial charge in [0, 0.05) is 5.69 Å². The van der Waals surface area contributed by atoms with Crippen molar-refractivity contribution in [3.63, 3.8) is 0 Å². The largest absolute Gasteiger partial charge is 0.245 e. The van der Waals surface area contributed by atoms with Crippen molar-refractivity contribution in [3.05, 3.63) is 26.9 Å². The summed E-state index contributed by atoms with van der Waals surface area (Å²) in [5, 5.41) is 0. The molecule has 0 aromatic carbocycles. The van der Waals surface area contributed by atoms with Gasteiger partial charge in [0.2, 0.25) is 0 Å². The number of pyridine rings is 1. The Morgan fingerprint density at radius 1 is 1.33 bits per heavy atom. The number of nitrogens with zero attached hydrogens (tertiary/aromatic N) is 1. The highest BCUT2D eigenvalue weighted by Crippen LogP contribution is 2.19. The Balaban J connectivity index is 3.17. The van der Waals surface area contributed by atoms with Gasteiger partial charge in [0.05, 0.1) is 4.47 Å². The molecule has 3 heteroatoms. The summed E-state index contributed by atoms with van der Waals surface area (Å²) in [6, 6.07) is 3.92. The zero-order chi connectivity index (χ0) is 6.85. The van der Waals surface area contributed by atoms with Gasteiger partial charge in [-0.3, -0.25) is 0 Å². The number of rotatable bonds is 0. The standard InChI is InChI=1S/C6H5Br2N/c1-4-2-3-5(7)6(8)9-4/h2-3H,1H3.